The smallest absolute Gasteiger partial charge is 0.407 e. The maximum atomic E-state index is 15.0. The fraction of sp³-hybridized carbons (Fsp3) is 0.414. The Morgan fingerprint density at radius 2 is 0.948 bits per heavy atom. The van der Waals surface area contributed by atoms with E-state index >= 15 is 0 Å². The van der Waals surface area contributed by atoms with Crippen molar-refractivity contribution in [3.05, 3.63) is 167 Å². The maximum Gasteiger partial charge on any atom is 0.407 e. The summed E-state index contributed by atoms with van der Waals surface area (Å²) in [7, 11) is 0. The average Bonchev–Trinajstić information content (AvgIpc) is 1.05. The summed E-state index contributed by atoms with van der Waals surface area (Å²) in [6.45, 7) is 14.9. The molecular formula is C70H88N10O14S2. The summed E-state index contributed by atoms with van der Waals surface area (Å²) in [5, 5.41) is 32.8. The van der Waals surface area contributed by atoms with Crippen molar-refractivity contribution < 1.29 is 67.3 Å². The third-order valence-corrected chi connectivity index (χ3v) is 18.1. The number of nitrogens with one attached hydrogen (secondary N) is 9. The van der Waals surface area contributed by atoms with Gasteiger partial charge in [0.25, 0.3) is 0 Å². The summed E-state index contributed by atoms with van der Waals surface area (Å²) in [5.74, 6) is -10.9. The van der Waals surface area contributed by atoms with Crippen LogP contribution in [0.3, 0.4) is 0 Å². The molecule has 0 aliphatic heterocycles. The number of primary amides is 1. The molecule has 0 saturated carbocycles. The van der Waals surface area contributed by atoms with E-state index in [9.17, 15) is 57.8 Å². The van der Waals surface area contributed by atoms with E-state index in [0.29, 0.717) is 0 Å². The van der Waals surface area contributed by atoms with Crippen molar-refractivity contribution in [2.75, 3.05) is 30.5 Å². The molecule has 10 amide bonds. The van der Waals surface area contributed by atoms with Gasteiger partial charge in [-0.15, -0.1) is 23.5 Å². The number of carboxylic acid groups (broad SMARTS) is 1. The minimum absolute atomic E-state index is 0.0672. The Bertz CT molecular complexity index is 3400. The number of thioether (sulfide) groups is 2. The van der Waals surface area contributed by atoms with Crippen molar-refractivity contribution in [1.82, 2.24) is 47.9 Å². The molecular weight excluding hydrogens is 1270 g/mol. The van der Waals surface area contributed by atoms with Gasteiger partial charge in [0.1, 0.15) is 55.4 Å². The van der Waals surface area contributed by atoms with E-state index in [1.54, 1.807) is 48.5 Å². The van der Waals surface area contributed by atoms with Gasteiger partial charge in [0.15, 0.2) is 0 Å². The number of benzene rings is 5. The van der Waals surface area contributed by atoms with Crippen LogP contribution in [0.15, 0.2) is 140 Å². The topological polar surface area (TPSA) is 361 Å². The molecule has 5 aromatic carbocycles. The first-order valence-corrected chi connectivity index (χ1v) is 33.7. The number of ether oxygens (including phenoxy) is 2. The maximum absolute atomic E-state index is 15.0. The number of rotatable bonds is 34. The molecule has 0 saturated heterocycles. The quantitative estimate of drug-likeness (QED) is 0.0147. The number of amides is 10. The van der Waals surface area contributed by atoms with Gasteiger partial charge in [-0.3, -0.25) is 47.9 Å². The van der Waals surface area contributed by atoms with E-state index in [1.807, 2.05) is 140 Å². The molecule has 26 heteroatoms. The number of hydrogen-bond acceptors (Lipinski definition) is 15. The summed E-state index contributed by atoms with van der Waals surface area (Å²) >= 11 is 2.41. The number of carboxylic acids is 1. The molecule has 24 nitrogen and oxygen atoms in total. The number of alkyl carbamates (subject to hydrolysis) is 1. The molecule has 12 N–H and O–H groups in total. The SMILES string of the molecule is CC(=O)NCSC[C@H](NC(=O)OCC1c2ccccc2-c2ccccc21)C(=O)N[C@H](C(=O)N[C@@H](CC(N)=O)C(=O)N[C@H](C(=O)N[C@@H](C)C(=O)N[C@@H](CSC(c1ccccc1)(c1ccccc1)c1ccccc1)C(=O)N[C@H](C(=O)NCC(=O)O)[C@@H](C)OC(C)(C)C)C(C)C)C(C)C. The average molecular weight is 1360 g/mol. The first-order chi connectivity index (χ1) is 45.5. The van der Waals surface area contributed by atoms with Crippen LogP contribution in [-0.2, 0) is 62.2 Å². The van der Waals surface area contributed by atoms with Crippen LogP contribution < -0.4 is 53.6 Å². The molecule has 514 valence electrons. The highest BCUT2D eigenvalue weighted by atomic mass is 32.2. The van der Waals surface area contributed by atoms with Crippen molar-refractivity contribution in [2.45, 2.75) is 140 Å². The normalized spacial score (nSPS) is 14.5. The van der Waals surface area contributed by atoms with Crippen LogP contribution in [0.5, 0.6) is 0 Å². The van der Waals surface area contributed by atoms with Crippen LogP contribution >= 0.6 is 23.5 Å². The lowest BCUT2D eigenvalue weighted by Crippen LogP contribution is -2.62. The van der Waals surface area contributed by atoms with Gasteiger partial charge in [-0.1, -0.05) is 167 Å². The minimum Gasteiger partial charge on any atom is -0.480 e. The predicted octanol–water partition coefficient (Wildman–Crippen LogP) is 4.97. The Balaban J connectivity index is 1.20. The molecule has 0 radical (unpaired) electrons. The zero-order valence-electron chi connectivity index (χ0n) is 55.5. The number of carbonyl (C=O) groups excluding carboxylic acids is 10. The van der Waals surface area contributed by atoms with Gasteiger partial charge >= 0.3 is 12.1 Å². The molecule has 5 aromatic rings. The van der Waals surface area contributed by atoms with Gasteiger partial charge in [0.05, 0.1) is 28.7 Å². The van der Waals surface area contributed by atoms with E-state index in [2.05, 4.69) is 47.9 Å². The lowest BCUT2D eigenvalue weighted by Gasteiger charge is -2.37. The standard InChI is InChI=1S/C70H88N10O14S2/c1-40(2)58(78-62(86)53(34-56(71)82)75-67(91)59(41(3)4)79-63(87)54(37-95-39-73-44(7)81)77-68(92)93-36-52-50-32-22-20-30-48(50)49-31-21-23-33-51(49)52)66(90)74-42(5)61(85)76-55(64(88)80-60(43(6)94-69(8,9)10)65(89)72-35-57(83)84)38-96-70(45-24-14-11-15-25-45,46-26-16-12-17-27-46)47-28-18-13-19-29-47/h11-33,40-43,52-55,58-60H,34-39H2,1-10H3,(H2,71,82)(H,72,89)(H,73,81)(H,74,90)(H,75,91)(H,76,85)(H,77,92)(H,78,86)(H,79,87)(H,80,88)(H,83,84)/t42-,43+,53-,54-,55-,58-,59-,60-/m0/s1. The van der Waals surface area contributed by atoms with E-state index in [4.69, 9.17) is 15.2 Å². The van der Waals surface area contributed by atoms with E-state index < -0.39 is 143 Å². The van der Waals surface area contributed by atoms with Crippen LogP contribution in [0.1, 0.15) is 109 Å². The molecule has 0 bridgehead atoms. The Labute approximate surface area is 568 Å². The van der Waals surface area contributed by atoms with Crippen LogP contribution in [0.4, 0.5) is 4.79 Å². The van der Waals surface area contributed by atoms with Gasteiger partial charge in [0, 0.05) is 24.3 Å². The second-order valence-electron chi connectivity index (χ2n) is 24.9. The first-order valence-electron chi connectivity index (χ1n) is 31.5. The zero-order valence-corrected chi connectivity index (χ0v) is 57.2. The molecule has 0 spiro atoms. The second-order valence-corrected chi connectivity index (χ2v) is 27.1. The molecule has 6 rings (SSSR count). The van der Waals surface area contributed by atoms with Crippen molar-refractivity contribution in [3.8, 4) is 11.1 Å². The zero-order chi connectivity index (χ0) is 70.4. The van der Waals surface area contributed by atoms with Gasteiger partial charge in [-0.05, 0) is 85.4 Å². The largest absolute Gasteiger partial charge is 0.480 e. The van der Waals surface area contributed by atoms with Gasteiger partial charge in [-0.2, -0.15) is 0 Å². The summed E-state index contributed by atoms with van der Waals surface area (Å²) in [6, 6.07) is 33.8. The minimum atomic E-state index is -1.72. The van der Waals surface area contributed by atoms with Crippen LogP contribution in [0.2, 0.25) is 0 Å². The van der Waals surface area contributed by atoms with Crippen molar-refractivity contribution in [2.24, 2.45) is 17.6 Å². The van der Waals surface area contributed by atoms with Gasteiger partial charge in [0.2, 0.25) is 53.2 Å². The third kappa shape index (κ3) is 21.4. The summed E-state index contributed by atoms with van der Waals surface area (Å²) in [4.78, 5) is 150. The summed E-state index contributed by atoms with van der Waals surface area (Å²) < 4.78 is 10.8. The Morgan fingerprint density at radius 1 is 0.510 bits per heavy atom. The number of fused-ring (bicyclic) bond motifs is 3. The molecule has 0 heterocycles. The molecule has 0 fully saturated rings. The third-order valence-electron chi connectivity index (χ3n) is 15.6. The number of nitrogens with two attached hydrogens (primary N) is 1. The van der Waals surface area contributed by atoms with Crippen molar-refractivity contribution in [1.29, 1.82) is 0 Å². The predicted molar refractivity (Wildman–Crippen MR) is 366 cm³/mol. The van der Waals surface area contributed by atoms with Crippen LogP contribution in [0.25, 0.3) is 11.1 Å². The fourth-order valence-electron chi connectivity index (χ4n) is 10.9. The highest BCUT2D eigenvalue weighted by Crippen LogP contribution is 2.49. The molecule has 0 aromatic heterocycles. The summed E-state index contributed by atoms with van der Waals surface area (Å²) in [6.07, 6.45) is -2.74. The van der Waals surface area contributed by atoms with E-state index in [0.717, 1.165) is 50.7 Å². The number of carbonyl (C=O) groups is 11. The van der Waals surface area contributed by atoms with Crippen LogP contribution in [-0.4, -0.2) is 155 Å². The highest BCUT2D eigenvalue weighted by Gasteiger charge is 2.42. The van der Waals surface area contributed by atoms with Crippen LogP contribution in [0, 0.1) is 11.8 Å². The Morgan fingerprint density at radius 3 is 1.41 bits per heavy atom. The number of aliphatic carboxylic acids is 1. The fourth-order valence-corrected chi connectivity index (χ4v) is 13.4. The molecule has 96 heavy (non-hydrogen) atoms. The molecule has 8 atom stereocenters. The van der Waals surface area contributed by atoms with Crippen molar-refractivity contribution in [3.63, 3.8) is 0 Å². The second kappa shape index (κ2) is 35.5. The van der Waals surface area contributed by atoms with Crippen molar-refractivity contribution >= 4 is 88.8 Å². The van der Waals surface area contributed by atoms with E-state index in [1.165, 1.54) is 32.5 Å². The Hall–Kier alpha value is -9.27. The summed E-state index contributed by atoms with van der Waals surface area (Å²) in [5.41, 5.74) is 11.2. The van der Waals surface area contributed by atoms with Gasteiger partial charge < -0.3 is 68.2 Å². The highest BCUT2D eigenvalue weighted by molar-refractivity contribution is 8.00. The molecule has 1 aliphatic rings. The van der Waals surface area contributed by atoms with Gasteiger partial charge in [-0.25, -0.2) is 4.79 Å². The molecule has 1 aliphatic carbocycles. The monoisotopic (exact) mass is 1360 g/mol. The van der Waals surface area contributed by atoms with E-state index in [-0.39, 0.29) is 35.8 Å². The number of hydrogen-bond donors (Lipinski definition) is 11. The lowest BCUT2D eigenvalue weighted by molar-refractivity contribution is -0.142. The first kappa shape index (κ1) is 75.8. The Kier molecular flexibility index (Phi) is 28.0. The molecule has 0 unspecified atom stereocenters. The lowest BCUT2D eigenvalue weighted by atomic mass is 9.84.